The van der Waals surface area contributed by atoms with E-state index in [0.717, 1.165) is 12.8 Å². The monoisotopic (exact) mass is 305 g/mol. The predicted molar refractivity (Wildman–Crippen MR) is 83.2 cm³/mol. The van der Waals surface area contributed by atoms with Gasteiger partial charge in [0.15, 0.2) is 11.8 Å². The molecule has 1 aromatic rings. The zero-order chi connectivity index (χ0) is 16.4. The first-order valence-electron chi connectivity index (χ1n) is 7.55. The highest BCUT2D eigenvalue weighted by Gasteiger charge is 2.27. The van der Waals surface area contributed by atoms with Crippen LogP contribution in [0.4, 0.5) is 0 Å². The largest absolute Gasteiger partial charge is 0.464 e. The van der Waals surface area contributed by atoms with E-state index in [4.69, 9.17) is 4.74 Å². The number of nitrogens with one attached hydrogen (secondary N) is 1. The molecule has 0 spiro atoms. The number of hydrogen-bond acceptors (Lipinski definition) is 4. The summed E-state index contributed by atoms with van der Waals surface area (Å²) < 4.78 is 4.83. The highest BCUT2D eigenvalue weighted by molar-refractivity contribution is 6.05. The minimum Gasteiger partial charge on any atom is -0.464 e. The fourth-order valence-electron chi connectivity index (χ4n) is 2.12. The molecule has 0 saturated carbocycles. The third kappa shape index (κ3) is 6.52. The van der Waals surface area contributed by atoms with Crippen LogP contribution in [0, 0.1) is 0 Å². The van der Waals surface area contributed by atoms with E-state index in [-0.39, 0.29) is 18.8 Å². The first-order valence-corrected chi connectivity index (χ1v) is 7.55. The van der Waals surface area contributed by atoms with Crippen LogP contribution in [0.1, 0.15) is 38.7 Å². The molecular formula is C17H23NO4. The number of hydrogen-bond donors (Lipinski definition) is 1. The number of ketones is 1. The molecule has 0 saturated heterocycles. The third-order valence-corrected chi connectivity index (χ3v) is 3.17. The van der Waals surface area contributed by atoms with Gasteiger partial charge >= 0.3 is 5.97 Å². The first kappa shape index (κ1) is 17.9. The summed E-state index contributed by atoms with van der Waals surface area (Å²) in [7, 11) is 0. The van der Waals surface area contributed by atoms with Gasteiger partial charge in [-0.1, -0.05) is 30.3 Å². The van der Waals surface area contributed by atoms with Gasteiger partial charge in [-0.3, -0.25) is 9.59 Å². The lowest BCUT2D eigenvalue weighted by molar-refractivity contribution is -0.150. The van der Waals surface area contributed by atoms with Crippen LogP contribution in [0.2, 0.25) is 0 Å². The Balaban J connectivity index is 2.42. The maximum Gasteiger partial charge on any atom is 0.336 e. The van der Waals surface area contributed by atoms with Gasteiger partial charge in [0.05, 0.1) is 6.61 Å². The molecule has 0 fully saturated rings. The van der Waals surface area contributed by atoms with Gasteiger partial charge in [0.1, 0.15) is 0 Å². The van der Waals surface area contributed by atoms with Crippen molar-refractivity contribution in [2.75, 3.05) is 6.61 Å². The van der Waals surface area contributed by atoms with Crippen molar-refractivity contribution in [3.8, 4) is 0 Å². The van der Waals surface area contributed by atoms with Crippen molar-refractivity contribution >= 4 is 17.7 Å². The van der Waals surface area contributed by atoms with Gasteiger partial charge in [0, 0.05) is 13.3 Å². The number of carbonyl (C=O) groups is 3. The van der Waals surface area contributed by atoms with Crippen molar-refractivity contribution in [1.29, 1.82) is 0 Å². The Hall–Kier alpha value is -2.17. The molecule has 5 nitrogen and oxygen atoms in total. The molecule has 1 amide bonds. The first-order chi connectivity index (χ1) is 10.5. The number of unbranched alkanes of at least 4 members (excludes halogenated alkanes) is 1. The van der Waals surface area contributed by atoms with Gasteiger partial charge < -0.3 is 10.1 Å². The lowest BCUT2D eigenvalue weighted by Gasteiger charge is -2.15. The van der Waals surface area contributed by atoms with Crippen molar-refractivity contribution < 1.29 is 19.1 Å². The lowest BCUT2D eigenvalue weighted by atomic mass is 10.0. The smallest absolute Gasteiger partial charge is 0.336 e. The molecule has 1 rings (SSSR count). The topological polar surface area (TPSA) is 72.5 Å². The Kier molecular flexibility index (Phi) is 7.89. The highest BCUT2D eigenvalue weighted by atomic mass is 16.5. The lowest BCUT2D eigenvalue weighted by Crippen LogP contribution is -2.46. The van der Waals surface area contributed by atoms with E-state index in [1.807, 2.05) is 30.3 Å². The number of esters is 1. The van der Waals surface area contributed by atoms with Crippen molar-refractivity contribution in [2.24, 2.45) is 0 Å². The van der Waals surface area contributed by atoms with Crippen LogP contribution in [-0.4, -0.2) is 30.3 Å². The Morgan fingerprint density at radius 2 is 1.82 bits per heavy atom. The highest BCUT2D eigenvalue weighted by Crippen LogP contribution is 2.08. The zero-order valence-corrected chi connectivity index (χ0v) is 13.1. The SMILES string of the molecule is CCOC(=O)C(NC(C)=O)C(=O)CCCCc1ccccc1. The summed E-state index contributed by atoms with van der Waals surface area (Å²) >= 11 is 0. The molecule has 0 radical (unpaired) electrons. The summed E-state index contributed by atoms with van der Waals surface area (Å²) in [5.41, 5.74) is 1.22. The minimum atomic E-state index is -1.19. The van der Waals surface area contributed by atoms with Crippen molar-refractivity contribution in [3.63, 3.8) is 0 Å². The minimum absolute atomic E-state index is 0.177. The van der Waals surface area contributed by atoms with Crippen LogP contribution in [0.25, 0.3) is 0 Å². The molecule has 0 aliphatic rings. The number of ether oxygens (including phenoxy) is 1. The molecule has 1 unspecified atom stereocenters. The van der Waals surface area contributed by atoms with Crippen LogP contribution in [0.5, 0.6) is 0 Å². The number of rotatable bonds is 9. The second-order valence-corrected chi connectivity index (χ2v) is 5.04. The van der Waals surface area contributed by atoms with E-state index in [9.17, 15) is 14.4 Å². The Bertz CT molecular complexity index is 499. The average molecular weight is 305 g/mol. The van der Waals surface area contributed by atoms with E-state index in [0.29, 0.717) is 6.42 Å². The fraction of sp³-hybridized carbons (Fsp3) is 0.471. The molecule has 0 aliphatic carbocycles. The van der Waals surface area contributed by atoms with Gasteiger partial charge in [0.2, 0.25) is 5.91 Å². The molecular weight excluding hydrogens is 282 g/mol. The summed E-state index contributed by atoms with van der Waals surface area (Å²) in [5, 5.41) is 2.36. The van der Waals surface area contributed by atoms with E-state index >= 15 is 0 Å². The molecule has 1 atom stereocenters. The predicted octanol–water partition coefficient (Wildman–Crippen LogP) is 2.04. The molecule has 0 bridgehead atoms. The normalized spacial score (nSPS) is 11.5. The summed E-state index contributed by atoms with van der Waals surface area (Å²) in [4.78, 5) is 34.9. The fourth-order valence-corrected chi connectivity index (χ4v) is 2.12. The maximum absolute atomic E-state index is 12.1. The van der Waals surface area contributed by atoms with Crippen LogP contribution >= 0.6 is 0 Å². The van der Waals surface area contributed by atoms with Crippen LogP contribution in [-0.2, 0) is 25.5 Å². The number of amides is 1. The van der Waals surface area contributed by atoms with E-state index < -0.39 is 17.9 Å². The second kappa shape index (κ2) is 9.71. The van der Waals surface area contributed by atoms with Crippen molar-refractivity contribution in [3.05, 3.63) is 35.9 Å². The molecule has 0 aromatic heterocycles. The summed E-state index contributed by atoms with van der Waals surface area (Å²) in [6.07, 6.45) is 2.66. The van der Waals surface area contributed by atoms with E-state index in [1.54, 1.807) is 6.92 Å². The van der Waals surface area contributed by atoms with Gasteiger partial charge in [-0.05, 0) is 31.7 Å². The number of carbonyl (C=O) groups excluding carboxylic acids is 3. The number of aryl methyl sites for hydroxylation is 1. The quantitative estimate of drug-likeness (QED) is 0.430. The summed E-state index contributed by atoms with van der Waals surface area (Å²) in [6, 6.07) is 8.82. The second-order valence-electron chi connectivity index (χ2n) is 5.04. The van der Waals surface area contributed by atoms with Crippen LogP contribution in [0.3, 0.4) is 0 Å². The van der Waals surface area contributed by atoms with Crippen LogP contribution in [0.15, 0.2) is 30.3 Å². The summed E-state index contributed by atoms with van der Waals surface area (Å²) in [6.45, 7) is 3.11. The molecule has 0 heterocycles. The number of Topliss-reactive ketones (excluding diaryl/α,β-unsaturated/α-hetero) is 1. The average Bonchev–Trinajstić information content (AvgIpc) is 2.50. The summed E-state index contributed by atoms with van der Waals surface area (Å²) in [5.74, 6) is -1.41. The van der Waals surface area contributed by atoms with E-state index in [1.165, 1.54) is 12.5 Å². The Morgan fingerprint density at radius 3 is 2.41 bits per heavy atom. The van der Waals surface area contributed by atoms with Gasteiger partial charge in [0.25, 0.3) is 0 Å². The Labute approximate surface area is 131 Å². The molecule has 5 heteroatoms. The standard InChI is InChI=1S/C17H23NO4/c1-3-22-17(21)16(18-13(2)19)15(20)12-8-7-11-14-9-5-4-6-10-14/h4-6,9-10,16H,3,7-8,11-12H2,1-2H3,(H,18,19). The molecule has 0 aliphatic heterocycles. The molecule has 1 N–H and O–H groups in total. The number of benzene rings is 1. The maximum atomic E-state index is 12.1. The van der Waals surface area contributed by atoms with Gasteiger partial charge in [-0.25, -0.2) is 4.79 Å². The van der Waals surface area contributed by atoms with Gasteiger partial charge in [-0.15, -0.1) is 0 Å². The van der Waals surface area contributed by atoms with E-state index in [2.05, 4.69) is 5.32 Å². The van der Waals surface area contributed by atoms with Gasteiger partial charge in [-0.2, -0.15) is 0 Å². The molecule has 22 heavy (non-hydrogen) atoms. The molecule has 120 valence electrons. The zero-order valence-electron chi connectivity index (χ0n) is 13.1. The van der Waals surface area contributed by atoms with Crippen LogP contribution < -0.4 is 5.32 Å². The third-order valence-electron chi connectivity index (χ3n) is 3.17. The Morgan fingerprint density at radius 1 is 1.14 bits per heavy atom. The van der Waals surface area contributed by atoms with Crippen molar-refractivity contribution in [2.45, 2.75) is 45.6 Å². The van der Waals surface area contributed by atoms with Crippen molar-refractivity contribution in [1.82, 2.24) is 5.32 Å². The molecule has 1 aromatic carbocycles.